The van der Waals surface area contributed by atoms with Crippen molar-refractivity contribution in [2.75, 3.05) is 0 Å². The Balaban J connectivity index is 1.17. The zero-order chi connectivity index (χ0) is 35.0. The molecule has 4 nitrogen and oxygen atoms in total. The van der Waals surface area contributed by atoms with Crippen molar-refractivity contribution in [1.29, 1.82) is 0 Å². The molecule has 4 heterocycles. The largest absolute Gasteiger partial charge is 0.308 e. The van der Waals surface area contributed by atoms with Gasteiger partial charge in [-0.15, -0.1) is 0 Å². The molecule has 0 N–H and O–H groups in total. The van der Waals surface area contributed by atoms with Crippen molar-refractivity contribution in [3.05, 3.63) is 180 Å². The quantitative estimate of drug-likeness (QED) is 0.178. The Kier molecular flexibility index (Phi) is 6.56. The van der Waals surface area contributed by atoms with Crippen LogP contribution in [0.25, 0.3) is 76.7 Å². The second kappa shape index (κ2) is 11.6. The molecule has 0 unspecified atom stereocenters. The molecule has 0 aliphatic carbocycles. The van der Waals surface area contributed by atoms with Gasteiger partial charge in [-0.1, -0.05) is 121 Å². The molecule has 4 heteroatoms. The highest BCUT2D eigenvalue weighted by Gasteiger charge is 2.22. The van der Waals surface area contributed by atoms with E-state index in [9.17, 15) is 0 Å². The molecule has 3 aromatic heterocycles. The van der Waals surface area contributed by atoms with Gasteiger partial charge >= 0.3 is 0 Å². The molecular weight excluding hydrogens is 645 g/mol. The standard InChI is InChI=1S/C49H34N4/c1-31-24-26-42(32-14-4-2-5-15-32)50-49(51-47(31)33-16-6-3-7-17-33)53-45-23-13-8-18-36(45)39-28-34(25-27-46(39)53)35-29-40-37-19-9-11-21-43(37)52-44-22-12-10-20-38(44)41(30-35)48(40)52/h2-23,25,27-30H,24,26H2,1H3/b47-31+,50-42+,51-49+. The predicted octanol–water partition coefficient (Wildman–Crippen LogP) is 12.5. The van der Waals surface area contributed by atoms with Crippen LogP contribution in [0.4, 0.5) is 0 Å². The van der Waals surface area contributed by atoms with Crippen molar-refractivity contribution in [2.45, 2.75) is 19.8 Å². The maximum Gasteiger partial charge on any atom is 0.235 e. The summed E-state index contributed by atoms with van der Waals surface area (Å²) in [7, 11) is 0. The predicted molar refractivity (Wildman–Crippen MR) is 224 cm³/mol. The van der Waals surface area contributed by atoms with E-state index in [1.54, 1.807) is 0 Å². The Morgan fingerprint density at radius 3 is 1.60 bits per heavy atom. The molecule has 7 aromatic carbocycles. The van der Waals surface area contributed by atoms with Gasteiger partial charge in [0.05, 0.1) is 39.0 Å². The third-order valence-electron chi connectivity index (χ3n) is 11.2. The van der Waals surface area contributed by atoms with Crippen LogP contribution in [0.1, 0.15) is 30.9 Å². The lowest BCUT2D eigenvalue weighted by Gasteiger charge is -2.17. The number of allylic oxidation sites excluding steroid dienone is 1. The molecule has 53 heavy (non-hydrogen) atoms. The van der Waals surface area contributed by atoms with Gasteiger partial charge in [0, 0.05) is 37.9 Å². The molecule has 0 amide bonds. The van der Waals surface area contributed by atoms with Crippen molar-refractivity contribution < 1.29 is 0 Å². The smallest absolute Gasteiger partial charge is 0.235 e. The first kappa shape index (κ1) is 29.9. The van der Waals surface area contributed by atoms with Crippen molar-refractivity contribution in [1.82, 2.24) is 8.97 Å². The molecular formula is C49H34N4. The zero-order valence-electron chi connectivity index (χ0n) is 29.3. The van der Waals surface area contributed by atoms with Crippen LogP contribution >= 0.6 is 0 Å². The van der Waals surface area contributed by atoms with Crippen molar-refractivity contribution in [3.8, 4) is 11.1 Å². The Hall–Kier alpha value is -6.78. The maximum absolute atomic E-state index is 5.46. The van der Waals surface area contributed by atoms with E-state index in [4.69, 9.17) is 9.98 Å². The van der Waals surface area contributed by atoms with Crippen LogP contribution in [0.5, 0.6) is 0 Å². The monoisotopic (exact) mass is 678 g/mol. The zero-order valence-corrected chi connectivity index (χ0v) is 29.3. The first-order chi connectivity index (χ1) is 26.2. The van der Waals surface area contributed by atoms with Crippen LogP contribution in [-0.4, -0.2) is 20.6 Å². The number of para-hydroxylation sites is 3. The van der Waals surface area contributed by atoms with Crippen molar-refractivity contribution >= 4 is 77.3 Å². The van der Waals surface area contributed by atoms with E-state index >= 15 is 0 Å². The molecule has 1 aliphatic rings. The van der Waals surface area contributed by atoms with Crippen LogP contribution in [0, 0.1) is 0 Å². The second-order valence-electron chi connectivity index (χ2n) is 14.2. The molecule has 10 aromatic rings. The molecule has 0 radical (unpaired) electrons. The topological polar surface area (TPSA) is 34.1 Å². The van der Waals surface area contributed by atoms with Gasteiger partial charge < -0.3 is 4.40 Å². The number of rotatable bonds is 3. The molecule has 0 fully saturated rings. The van der Waals surface area contributed by atoms with Gasteiger partial charge in [-0.05, 0) is 84.5 Å². The fourth-order valence-corrected chi connectivity index (χ4v) is 8.65. The van der Waals surface area contributed by atoms with Gasteiger partial charge in [-0.3, -0.25) is 4.57 Å². The van der Waals surface area contributed by atoms with E-state index in [1.807, 2.05) is 0 Å². The lowest BCUT2D eigenvalue weighted by molar-refractivity contribution is 0.998. The Morgan fingerprint density at radius 1 is 0.415 bits per heavy atom. The summed E-state index contributed by atoms with van der Waals surface area (Å²) in [4.78, 5) is 10.9. The summed E-state index contributed by atoms with van der Waals surface area (Å²) in [6.07, 6.45) is 1.72. The third-order valence-corrected chi connectivity index (χ3v) is 11.2. The number of aliphatic imine (C=N–C) groups is 2. The van der Waals surface area contributed by atoms with Gasteiger partial charge in [0.2, 0.25) is 5.96 Å². The third kappa shape index (κ3) is 4.55. The van der Waals surface area contributed by atoms with Crippen molar-refractivity contribution in [3.63, 3.8) is 0 Å². The highest BCUT2D eigenvalue weighted by atomic mass is 15.2. The highest BCUT2D eigenvalue weighted by Crippen LogP contribution is 2.42. The van der Waals surface area contributed by atoms with Gasteiger partial charge in [0.1, 0.15) is 0 Å². The first-order valence-electron chi connectivity index (χ1n) is 18.4. The lowest BCUT2D eigenvalue weighted by Crippen LogP contribution is -2.16. The molecule has 0 spiro atoms. The minimum atomic E-state index is 0.680. The van der Waals surface area contributed by atoms with Crippen LogP contribution in [-0.2, 0) is 0 Å². The minimum Gasteiger partial charge on any atom is -0.308 e. The van der Waals surface area contributed by atoms with E-state index < -0.39 is 0 Å². The maximum atomic E-state index is 5.46. The number of benzene rings is 7. The van der Waals surface area contributed by atoms with Crippen LogP contribution in [0.2, 0.25) is 0 Å². The van der Waals surface area contributed by atoms with Crippen LogP contribution in [0.15, 0.2) is 179 Å². The fourth-order valence-electron chi connectivity index (χ4n) is 8.65. The number of nitrogens with zero attached hydrogens (tertiary/aromatic N) is 4. The molecule has 0 bridgehead atoms. The van der Waals surface area contributed by atoms with Gasteiger partial charge in [-0.25, -0.2) is 9.98 Å². The molecule has 0 atom stereocenters. The van der Waals surface area contributed by atoms with E-state index in [2.05, 4.69) is 180 Å². The van der Waals surface area contributed by atoms with Crippen LogP contribution in [0.3, 0.4) is 0 Å². The SMILES string of the molecule is C\C1=C(c2ccccc2)/N=C(n2c3ccccc3c3cc(-c4cc5c6ccccc6n6c7ccccc7c(c4)c56)ccc32)\N=C(\c2ccccc2)CC1. The number of hydrogen-bond acceptors (Lipinski definition) is 2. The van der Waals surface area contributed by atoms with Gasteiger partial charge in [0.25, 0.3) is 0 Å². The number of aromatic nitrogens is 2. The Morgan fingerprint density at radius 2 is 0.943 bits per heavy atom. The summed E-state index contributed by atoms with van der Waals surface area (Å²) in [5, 5.41) is 7.50. The molecule has 0 saturated heterocycles. The minimum absolute atomic E-state index is 0.680. The van der Waals surface area contributed by atoms with Gasteiger partial charge in [0.15, 0.2) is 0 Å². The summed E-state index contributed by atoms with van der Waals surface area (Å²) in [5.74, 6) is 0.680. The normalized spacial score (nSPS) is 17.5. The van der Waals surface area contributed by atoms with Gasteiger partial charge in [-0.2, -0.15) is 0 Å². The number of fused-ring (bicyclic) bond motifs is 9. The van der Waals surface area contributed by atoms with E-state index in [0.29, 0.717) is 5.96 Å². The Bertz CT molecular complexity index is 3070. The fraction of sp³-hybridized carbons (Fsp3) is 0.0612. The average molecular weight is 679 g/mol. The second-order valence-corrected chi connectivity index (χ2v) is 14.2. The molecule has 11 rings (SSSR count). The van der Waals surface area contributed by atoms with Crippen LogP contribution < -0.4 is 0 Å². The summed E-state index contributed by atoms with van der Waals surface area (Å²) < 4.78 is 4.71. The van der Waals surface area contributed by atoms with Crippen molar-refractivity contribution in [2.24, 2.45) is 9.98 Å². The number of hydrogen-bond donors (Lipinski definition) is 0. The summed E-state index contributed by atoms with van der Waals surface area (Å²) in [5.41, 5.74) is 13.9. The molecule has 0 saturated carbocycles. The average Bonchev–Trinajstić information content (AvgIpc) is 3.85. The highest BCUT2D eigenvalue weighted by molar-refractivity contribution is 6.25. The summed E-state index contributed by atoms with van der Waals surface area (Å²) in [6, 6.07) is 59.0. The summed E-state index contributed by atoms with van der Waals surface area (Å²) in [6.45, 7) is 2.22. The Labute approximate surface area is 306 Å². The molecule has 250 valence electrons. The summed E-state index contributed by atoms with van der Waals surface area (Å²) >= 11 is 0. The van der Waals surface area contributed by atoms with E-state index in [1.165, 1.54) is 65.6 Å². The molecule has 1 aliphatic heterocycles. The van der Waals surface area contributed by atoms with E-state index in [-0.39, 0.29) is 0 Å². The van der Waals surface area contributed by atoms with E-state index in [0.717, 1.165) is 46.4 Å². The lowest BCUT2D eigenvalue weighted by atomic mass is 9.98. The first-order valence-corrected chi connectivity index (χ1v) is 18.4.